The van der Waals surface area contributed by atoms with Crippen molar-refractivity contribution in [3.8, 4) is 11.3 Å². The standard InChI is InChI=1S/C16H11FN2O3S/c1-19-15(21)12(14(20)18-16(19)23)8-11-5-6-13(22-11)9-3-2-4-10(17)7-9/h2-8H,1H3,(H,18,20,23). The fourth-order valence-corrected chi connectivity index (χ4v) is 2.29. The summed E-state index contributed by atoms with van der Waals surface area (Å²) in [4.78, 5) is 25.1. The summed E-state index contributed by atoms with van der Waals surface area (Å²) in [7, 11) is 1.47. The maximum Gasteiger partial charge on any atom is 0.265 e. The van der Waals surface area contributed by atoms with Gasteiger partial charge in [0, 0.05) is 12.6 Å². The normalized spacial score (nSPS) is 16.9. The Labute approximate surface area is 136 Å². The van der Waals surface area contributed by atoms with Gasteiger partial charge in [0.15, 0.2) is 5.11 Å². The Kier molecular flexibility index (Phi) is 3.79. The Hall–Kier alpha value is -2.80. The molecule has 0 unspecified atom stereocenters. The van der Waals surface area contributed by atoms with Crippen LogP contribution in [0.15, 0.2) is 46.4 Å². The molecule has 2 amide bonds. The van der Waals surface area contributed by atoms with E-state index in [-0.39, 0.29) is 16.5 Å². The molecule has 0 spiro atoms. The van der Waals surface area contributed by atoms with Crippen LogP contribution in [0, 0.1) is 5.82 Å². The number of likely N-dealkylation sites (N-methyl/N-ethyl adjacent to an activating group) is 1. The van der Waals surface area contributed by atoms with Crippen LogP contribution in [0.3, 0.4) is 0 Å². The van der Waals surface area contributed by atoms with Crippen molar-refractivity contribution in [2.75, 3.05) is 7.05 Å². The van der Waals surface area contributed by atoms with Crippen molar-refractivity contribution in [2.24, 2.45) is 0 Å². The van der Waals surface area contributed by atoms with E-state index in [0.29, 0.717) is 17.1 Å². The third-order valence-corrected chi connectivity index (χ3v) is 3.70. The van der Waals surface area contributed by atoms with Crippen LogP contribution >= 0.6 is 12.2 Å². The van der Waals surface area contributed by atoms with Gasteiger partial charge < -0.3 is 4.42 Å². The number of hydrogen-bond acceptors (Lipinski definition) is 4. The summed E-state index contributed by atoms with van der Waals surface area (Å²) in [6, 6.07) is 9.17. The fraction of sp³-hybridized carbons (Fsp3) is 0.0625. The Balaban J connectivity index is 1.93. The van der Waals surface area contributed by atoms with Gasteiger partial charge in [0.1, 0.15) is 22.9 Å². The molecule has 0 bridgehead atoms. The zero-order valence-electron chi connectivity index (χ0n) is 12.0. The van der Waals surface area contributed by atoms with Crippen LogP contribution in [0.25, 0.3) is 17.4 Å². The van der Waals surface area contributed by atoms with Gasteiger partial charge in [-0.1, -0.05) is 12.1 Å². The average molecular weight is 330 g/mol. The first-order chi connectivity index (χ1) is 11.0. The third-order valence-electron chi connectivity index (χ3n) is 3.33. The quantitative estimate of drug-likeness (QED) is 0.522. The smallest absolute Gasteiger partial charge is 0.265 e. The SMILES string of the molecule is CN1C(=O)C(=Cc2ccc(-c3cccc(F)c3)o2)C(=O)NC1=S. The molecule has 1 aliphatic rings. The van der Waals surface area contributed by atoms with Gasteiger partial charge in [-0.25, -0.2) is 4.39 Å². The summed E-state index contributed by atoms with van der Waals surface area (Å²) in [5.74, 6) is -0.729. The van der Waals surface area contributed by atoms with Crippen molar-refractivity contribution in [3.05, 3.63) is 53.5 Å². The molecule has 5 nitrogen and oxygen atoms in total. The van der Waals surface area contributed by atoms with E-state index in [1.807, 2.05) is 0 Å². The van der Waals surface area contributed by atoms with Gasteiger partial charge in [-0.05, 0) is 42.6 Å². The molecule has 2 aromatic rings. The first-order valence-corrected chi connectivity index (χ1v) is 7.07. The second-order valence-corrected chi connectivity index (χ2v) is 5.28. The summed E-state index contributed by atoms with van der Waals surface area (Å²) < 4.78 is 18.8. The van der Waals surface area contributed by atoms with Crippen LogP contribution in [0.5, 0.6) is 0 Å². The van der Waals surface area contributed by atoms with E-state index in [1.165, 1.54) is 30.2 Å². The number of hydrogen-bond donors (Lipinski definition) is 1. The largest absolute Gasteiger partial charge is 0.457 e. The lowest BCUT2D eigenvalue weighted by atomic mass is 10.1. The van der Waals surface area contributed by atoms with Gasteiger partial charge in [-0.2, -0.15) is 0 Å². The minimum atomic E-state index is -0.582. The minimum absolute atomic E-state index is 0.0528. The highest BCUT2D eigenvalue weighted by atomic mass is 32.1. The molecule has 1 N–H and O–H groups in total. The number of thiocarbonyl (C=S) groups is 1. The van der Waals surface area contributed by atoms with Crippen LogP contribution in [-0.2, 0) is 9.59 Å². The summed E-state index contributed by atoms with van der Waals surface area (Å²) in [5.41, 5.74) is 0.480. The highest BCUT2D eigenvalue weighted by Crippen LogP contribution is 2.24. The molecule has 1 aromatic carbocycles. The van der Waals surface area contributed by atoms with E-state index in [9.17, 15) is 14.0 Å². The number of carbonyl (C=O) groups is 2. The molecule has 0 saturated carbocycles. The van der Waals surface area contributed by atoms with Crippen molar-refractivity contribution in [1.82, 2.24) is 10.2 Å². The summed E-state index contributed by atoms with van der Waals surface area (Å²) in [5, 5.41) is 2.47. The fourth-order valence-electron chi connectivity index (χ4n) is 2.12. The number of rotatable bonds is 2. The zero-order chi connectivity index (χ0) is 16.6. The van der Waals surface area contributed by atoms with Crippen LogP contribution in [0.2, 0.25) is 0 Å². The molecular weight excluding hydrogens is 319 g/mol. The van der Waals surface area contributed by atoms with Gasteiger partial charge in [0.2, 0.25) is 0 Å². The summed E-state index contributed by atoms with van der Waals surface area (Å²) in [6.45, 7) is 0. The second-order valence-electron chi connectivity index (χ2n) is 4.89. The van der Waals surface area contributed by atoms with E-state index in [4.69, 9.17) is 16.6 Å². The van der Waals surface area contributed by atoms with Crippen molar-refractivity contribution in [3.63, 3.8) is 0 Å². The molecular formula is C16H11FN2O3S. The van der Waals surface area contributed by atoms with Gasteiger partial charge >= 0.3 is 0 Å². The molecule has 7 heteroatoms. The summed E-state index contributed by atoms with van der Waals surface area (Å²) in [6.07, 6.45) is 1.33. The molecule has 0 atom stereocenters. The molecule has 1 saturated heterocycles. The van der Waals surface area contributed by atoms with E-state index < -0.39 is 11.8 Å². The van der Waals surface area contributed by atoms with Crippen molar-refractivity contribution in [2.45, 2.75) is 0 Å². The Morgan fingerprint density at radius 1 is 1.26 bits per heavy atom. The minimum Gasteiger partial charge on any atom is -0.457 e. The predicted molar refractivity (Wildman–Crippen MR) is 85.6 cm³/mol. The van der Waals surface area contributed by atoms with Crippen LogP contribution in [0.4, 0.5) is 4.39 Å². The lowest BCUT2D eigenvalue weighted by molar-refractivity contribution is -0.128. The lowest BCUT2D eigenvalue weighted by Gasteiger charge is -2.24. The Bertz CT molecular complexity index is 857. The van der Waals surface area contributed by atoms with E-state index in [1.54, 1.807) is 24.3 Å². The second kappa shape index (κ2) is 5.77. The number of furan rings is 1. The zero-order valence-corrected chi connectivity index (χ0v) is 12.8. The maximum absolute atomic E-state index is 13.2. The van der Waals surface area contributed by atoms with E-state index >= 15 is 0 Å². The molecule has 0 aliphatic carbocycles. The maximum atomic E-state index is 13.2. The topological polar surface area (TPSA) is 62.6 Å². The predicted octanol–water partition coefficient (Wildman–Crippen LogP) is 2.34. The number of halogens is 1. The summed E-state index contributed by atoms with van der Waals surface area (Å²) >= 11 is 4.87. The molecule has 23 heavy (non-hydrogen) atoms. The Morgan fingerprint density at radius 3 is 2.78 bits per heavy atom. The first kappa shape index (κ1) is 15.1. The van der Waals surface area contributed by atoms with E-state index in [2.05, 4.69) is 5.32 Å². The van der Waals surface area contributed by atoms with Crippen molar-refractivity contribution < 1.29 is 18.4 Å². The Morgan fingerprint density at radius 2 is 2.04 bits per heavy atom. The highest BCUT2D eigenvalue weighted by molar-refractivity contribution is 7.80. The number of amides is 2. The lowest BCUT2D eigenvalue weighted by Crippen LogP contribution is -2.52. The van der Waals surface area contributed by atoms with Crippen molar-refractivity contribution in [1.29, 1.82) is 0 Å². The molecule has 3 rings (SSSR count). The number of carbonyl (C=O) groups excluding carboxylic acids is 2. The highest BCUT2D eigenvalue weighted by Gasteiger charge is 2.31. The molecule has 0 radical (unpaired) electrons. The molecule has 2 heterocycles. The monoisotopic (exact) mass is 330 g/mol. The average Bonchev–Trinajstić information content (AvgIpc) is 2.98. The number of nitrogens with zero attached hydrogens (tertiary/aromatic N) is 1. The van der Waals surface area contributed by atoms with Gasteiger partial charge in [0.25, 0.3) is 11.8 Å². The third kappa shape index (κ3) is 2.91. The first-order valence-electron chi connectivity index (χ1n) is 6.66. The van der Waals surface area contributed by atoms with Crippen LogP contribution in [-0.4, -0.2) is 28.9 Å². The van der Waals surface area contributed by atoms with E-state index in [0.717, 1.165) is 0 Å². The molecule has 1 aromatic heterocycles. The van der Waals surface area contributed by atoms with Crippen LogP contribution in [0.1, 0.15) is 5.76 Å². The van der Waals surface area contributed by atoms with Crippen LogP contribution < -0.4 is 5.32 Å². The van der Waals surface area contributed by atoms with Gasteiger partial charge in [0.05, 0.1) is 0 Å². The van der Waals surface area contributed by atoms with Gasteiger partial charge in [-0.3, -0.25) is 19.8 Å². The van der Waals surface area contributed by atoms with Gasteiger partial charge in [-0.15, -0.1) is 0 Å². The molecule has 116 valence electrons. The van der Waals surface area contributed by atoms with Crippen molar-refractivity contribution >= 4 is 35.2 Å². The molecule has 1 aliphatic heterocycles. The number of benzene rings is 1. The molecule has 1 fully saturated rings. The number of nitrogens with one attached hydrogen (secondary N) is 1.